The van der Waals surface area contributed by atoms with E-state index in [0.717, 1.165) is 18.4 Å². The number of amides is 1. The van der Waals surface area contributed by atoms with Gasteiger partial charge in [0.2, 0.25) is 0 Å². The number of carbonyl (C=O) groups is 1. The number of rotatable bonds is 9. The van der Waals surface area contributed by atoms with Gasteiger partial charge >= 0.3 is 10.1 Å². The summed E-state index contributed by atoms with van der Waals surface area (Å²) in [5.74, 6) is 0.666. The van der Waals surface area contributed by atoms with Gasteiger partial charge in [0.1, 0.15) is 16.4 Å². The Labute approximate surface area is 197 Å². The van der Waals surface area contributed by atoms with Crippen molar-refractivity contribution in [1.82, 2.24) is 4.90 Å². The van der Waals surface area contributed by atoms with E-state index >= 15 is 0 Å². The van der Waals surface area contributed by atoms with Crippen LogP contribution in [0.5, 0.6) is 11.5 Å². The van der Waals surface area contributed by atoms with Crippen LogP contribution in [0, 0.1) is 0 Å². The summed E-state index contributed by atoms with van der Waals surface area (Å²) in [6, 6.07) is 16.4. The lowest BCUT2D eigenvalue weighted by Crippen LogP contribution is -2.36. The highest BCUT2D eigenvalue weighted by Crippen LogP contribution is 2.24. The Morgan fingerprint density at radius 1 is 1.12 bits per heavy atom. The minimum absolute atomic E-state index is 0.00351. The monoisotopic (exact) mass is 487 g/mol. The van der Waals surface area contributed by atoms with Crippen LogP contribution in [-0.2, 0) is 21.4 Å². The van der Waals surface area contributed by atoms with Gasteiger partial charge in [-0.15, -0.1) is 11.3 Å². The van der Waals surface area contributed by atoms with Crippen molar-refractivity contribution in [3.63, 3.8) is 0 Å². The molecule has 1 atom stereocenters. The van der Waals surface area contributed by atoms with Crippen molar-refractivity contribution in [2.45, 2.75) is 30.4 Å². The second-order valence-corrected chi connectivity index (χ2v) is 10.2. The summed E-state index contributed by atoms with van der Waals surface area (Å²) < 4.78 is 41.5. The van der Waals surface area contributed by atoms with Gasteiger partial charge < -0.3 is 18.6 Å². The summed E-state index contributed by atoms with van der Waals surface area (Å²) in [6.07, 6.45) is 1.90. The van der Waals surface area contributed by atoms with Crippen molar-refractivity contribution in [1.29, 1.82) is 0 Å². The van der Waals surface area contributed by atoms with Crippen molar-refractivity contribution in [3.8, 4) is 11.5 Å². The van der Waals surface area contributed by atoms with Gasteiger partial charge in [0.15, 0.2) is 0 Å². The quantitative estimate of drug-likeness (QED) is 0.418. The van der Waals surface area contributed by atoms with Crippen LogP contribution >= 0.6 is 11.3 Å². The van der Waals surface area contributed by atoms with Gasteiger partial charge in [0.25, 0.3) is 5.91 Å². The van der Waals surface area contributed by atoms with Gasteiger partial charge in [-0.2, -0.15) is 8.42 Å². The Balaban J connectivity index is 1.51. The van der Waals surface area contributed by atoms with Gasteiger partial charge in [-0.1, -0.05) is 18.2 Å². The molecule has 0 radical (unpaired) electrons. The molecule has 1 aromatic heterocycles. The number of methoxy groups -OCH3 is 1. The molecule has 1 aliphatic rings. The Bertz CT molecular complexity index is 1170. The SMILES string of the molecule is COc1ccc(S(=O)(=O)Oc2cccc(CN(CC3CCCO3)C(=O)c3cccs3)c2)cc1. The molecule has 7 nitrogen and oxygen atoms in total. The third kappa shape index (κ3) is 5.93. The topological polar surface area (TPSA) is 82.1 Å². The Morgan fingerprint density at radius 2 is 1.94 bits per heavy atom. The van der Waals surface area contributed by atoms with Crippen molar-refractivity contribution >= 4 is 27.4 Å². The van der Waals surface area contributed by atoms with Crippen LogP contribution < -0.4 is 8.92 Å². The predicted molar refractivity (Wildman–Crippen MR) is 125 cm³/mol. The van der Waals surface area contributed by atoms with Gasteiger partial charge in [-0.25, -0.2) is 0 Å². The molecule has 33 heavy (non-hydrogen) atoms. The van der Waals surface area contributed by atoms with E-state index in [1.165, 1.54) is 30.6 Å². The zero-order valence-electron chi connectivity index (χ0n) is 18.2. The maximum Gasteiger partial charge on any atom is 0.339 e. The van der Waals surface area contributed by atoms with Crippen LogP contribution in [0.25, 0.3) is 0 Å². The van der Waals surface area contributed by atoms with E-state index in [1.807, 2.05) is 17.5 Å². The van der Waals surface area contributed by atoms with Crippen LogP contribution in [0.3, 0.4) is 0 Å². The molecule has 1 saturated heterocycles. The average Bonchev–Trinajstić information content (AvgIpc) is 3.53. The molecule has 9 heteroatoms. The predicted octanol–water partition coefficient (Wildman–Crippen LogP) is 4.35. The fourth-order valence-electron chi connectivity index (χ4n) is 3.64. The summed E-state index contributed by atoms with van der Waals surface area (Å²) in [6.45, 7) is 1.50. The first kappa shape index (κ1) is 23.3. The molecular weight excluding hydrogens is 462 g/mol. The van der Waals surface area contributed by atoms with E-state index in [0.29, 0.717) is 30.3 Å². The number of carbonyl (C=O) groups excluding carboxylic acids is 1. The van der Waals surface area contributed by atoms with Crippen molar-refractivity contribution < 1.29 is 26.9 Å². The molecular formula is C24H25NO6S2. The zero-order valence-corrected chi connectivity index (χ0v) is 19.8. The van der Waals surface area contributed by atoms with Gasteiger partial charge in [0.05, 0.1) is 18.1 Å². The highest BCUT2D eigenvalue weighted by molar-refractivity contribution is 7.87. The molecule has 1 unspecified atom stereocenters. The molecule has 0 saturated carbocycles. The van der Waals surface area contributed by atoms with E-state index in [1.54, 1.807) is 41.3 Å². The van der Waals surface area contributed by atoms with Crippen molar-refractivity contribution in [3.05, 3.63) is 76.5 Å². The van der Waals surface area contributed by atoms with Crippen molar-refractivity contribution in [2.24, 2.45) is 0 Å². The smallest absolute Gasteiger partial charge is 0.339 e. The van der Waals surface area contributed by atoms with E-state index in [-0.39, 0.29) is 22.7 Å². The second kappa shape index (κ2) is 10.4. The molecule has 0 aliphatic carbocycles. The Morgan fingerprint density at radius 3 is 2.61 bits per heavy atom. The number of ether oxygens (including phenoxy) is 2. The number of thiophene rings is 1. The first-order chi connectivity index (χ1) is 15.9. The van der Waals surface area contributed by atoms with Crippen LogP contribution in [0.15, 0.2) is 70.9 Å². The minimum atomic E-state index is -4.01. The maximum absolute atomic E-state index is 13.1. The van der Waals surface area contributed by atoms with Crippen LogP contribution in [0.2, 0.25) is 0 Å². The van der Waals surface area contributed by atoms with E-state index in [9.17, 15) is 13.2 Å². The standard InChI is InChI=1S/C24H25NO6S2/c1-29-19-9-11-22(12-10-19)33(27,28)31-20-6-2-5-18(15-20)16-25(17-21-7-3-13-30-21)24(26)23-8-4-14-32-23/h2,4-6,8-12,14-15,21H,3,7,13,16-17H2,1H3. The number of benzene rings is 2. The highest BCUT2D eigenvalue weighted by atomic mass is 32.2. The van der Waals surface area contributed by atoms with E-state index < -0.39 is 10.1 Å². The lowest BCUT2D eigenvalue weighted by atomic mass is 10.1. The van der Waals surface area contributed by atoms with Crippen LogP contribution in [0.1, 0.15) is 28.1 Å². The molecule has 1 fully saturated rings. The zero-order chi connectivity index (χ0) is 23.3. The lowest BCUT2D eigenvalue weighted by molar-refractivity contribution is 0.0511. The van der Waals surface area contributed by atoms with Crippen LogP contribution in [-0.4, -0.2) is 45.6 Å². The molecule has 2 aromatic carbocycles. The number of hydrogen-bond donors (Lipinski definition) is 0. The van der Waals surface area contributed by atoms with Gasteiger partial charge in [-0.3, -0.25) is 4.79 Å². The van der Waals surface area contributed by atoms with E-state index in [4.69, 9.17) is 13.7 Å². The first-order valence-electron chi connectivity index (χ1n) is 10.6. The summed E-state index contributed by atoms with van der Waals surface area (Å²) in [5.41, 5.74) is 0.764. The molecule has 174 valence electrons. The molecule has 1 aliphatic heterocycles. The normalized spacial score (nSPS) is 15.8. The fourth-order valence-corrected chi connectivity index (χ4v) is 5.26. The average molecular weight is 488 g/mol. The molecule has 0 N–H and O–H groups in total. The number of nitrogens with zero attached hydrogens (tertiary/aromatic N) is 1. The Hall–Kier alpha value is -2.88. The summed E-state index contributed by atoms with van der Waals surface area (Å²) in [4.78, 5) is 15.5. The molecule has 1 amide bonds. The molecule has 4 rings (SSSR count). The molecule has 3 aromatic rings. The van der Waals surface area contributed by atoms with E-state index in [2.05, 4.69) is 0 Å². The fraction of sp³-hybridized carbons (Fsp3) is 0.292. The largest absolute Gasteiger partial charge is 0.497 e. The summed E-state index contributed by atoms with van der Waals surface area (Å²) in [7, 11) is -2.50. The lowest BCUT2D eigenvalue weighted by Gasteiger charge is -2.25. The molecule has 0 spiro atoms. The summed E-state index contributed by atoms with van der Waals surface area (Å²) >= 11 is 1.39. The molecule has 2 heterocycles. The Kier molecular flexibility index (Phi) is 7.32. The third-order valence-electron chi connectivity index (χ3n) is 5.29. The highest BCUT2D eigenvalue weighted by Gasteiger charge is 2.24. The van der Waals surface area contributed by atoms with Crippen molar-refractivity contribution in [2.75, 3.05) is 20.3 Å². The van der Waals surface area contributed by atoms with Gasteiger partial charge in [0, 0.05) is 19.7 Å². The third-order valence-corrected chi connectivity index (χ3v) is 7.41. The summed E-state index contributed by atoms with van der Waals surface area (Å²) in [5, 5.41) is 1.87. The van der Waals surface area contributed by atoms with Gasteiger partial charge in [-0.05, 0) is 66.2 Å². The number of hydrogen-bond acceptors (Lipinski definition) is 7. The van der Waals surface area contributed by atoms with Crippen LogP contribution in [0.4, 0.5) is 0 Å². The maximum atomic E-state index is 13.1. The second-order valence-electron chi connectivity index (χ2n) is 7.66. The minimum Gasteiger partial charge on any atom is -0.497 e. The molecule has 0 bridgehead atoms. The first-order valence-corrected chi connectivity index (χ1v) is 12.9.